The maximum Gasteiger partial charge on any atom is 0.204 e. The number of aliphatic hydroxyl groups is 1. The summed E-state index contributed by atoms with van der Waals surface area (Å²) in [6.07, 6.45) is 4.28. The van der Waals surface area contributed by atoms with Crippen molar-refractivity contribution in [3.8, 4) is 0 Å². The van der Waals surface area contributed by atoms with Gasteiger partial charge in [-0.15, -0.1) is 0 Å². The minimum Gasteiger partial charge on any atom is -0.387 e. The lowest BCUT2D eigenvalue weighted by Crippen LogP contribution is -2.36. The number of nitrogens with zero attached hydrogens (tertiary/aromatic N) is 3. The Bertz CT molecular complexity index is 905. The lowest BCUT2D eigenvalue weighted by Gasteiger charge is -2.25. The van der Waals surface area contributed by atoms with Crippen LogP contribution in [0.4, 0.5) is 5.95 Å². The van der Waals surface area contributed by atoms with E-state index in [0.717, 1.165) is 54.3 Å². The molecule has 0 radical (unpaired) electrons. The zero-order chi connectivity index (χ0) is 19.0. The molecular formula is C21H29N5O. The summed E-state index contributed by atoms with van der Waals surface area (Å²) < 4.78 is 2.20. The Balaban J connectivity index is 1.75. The lowest BCUT2D eigenvalue weighted by molar-refractivity contribution is 0.239. The molecule has 0 amide bonds. The van der Waals surface area contributed by atoms with E-state index in [-0.39, 0.29) is 0 Å². The van der Waals surface area contributed by atoms with Crippen molar-refractivity contribution in [1.29, 1.82) is 0 Å². The number of fused-ring (bicyclic) bond motifs is 1. The minimum atomic E-state index is -0.524. The van der Waals surface area contributed by atoms with E-state index in [0.29, 0.717) is 19.0 Å². The molecule has 3 N–H and O–H groups in total. The topological polar surface area (TPSA) is 74.5 Å². The fourth-order valence-corrected chi connectivity index (χ4v) is 4.13. The predicted molar refractivity (Wildman–Crippen MR) is 111 cm³/mol. The highest BCUT2D eigenvalue weighted by atomic mass is 16.3. The molecule has 1 fully saturated rings. The number of anilines is 1. The Morgan fingerprint density at radius 3 is 2.78 bits per heavy atom. The molecular weight excluding hydrogens is 338 g/mol. The van der Waals surface area contributed by atoms with Gasteiger partial charge in [0.1, 0.15) is 0 Å². The molecule has 4 rings (SSSR count). The van der Waals surface area contributed by atoms with Crippen molar-refractivity contribution >= 4 is 22.7 Å². The van der Waals surface area contributed by atoms with Crippen molar-refractivity contribution in [3.05, 3.63) is 35.0 Å². The Hall–Kier alpha value is -2.18. The van der Waals surface area contributed by atoms with Crippen molar-refractivity contribution in [2.45, 2.75) is 58.7 Å². The first-order valence-electron chi connectivity index (χ1n) is 9.88. The van der Waals surface area contributed by atoms with Crippen molar-refractivity contribution in [3.63, 3.8) is 0 Å². The molecule has 0 aliphatic carbocycles. The molecule has 6 heteroatoms. The summed E-state index contributed by atoms with van der Waals surface area (Å²) in [5, 5.41) is 17.5. The average Bonchev–Trinajstić information content (AvgIpc) is 2.96. The Morgan fingerprint density at radius 1 is 1.22 bits per heavy atom. The number of piperidine rings is 1. The van der Waals surface area contributed by atoms with Gasteiger partial charge in [-0.2, -0.15) is 0 Å². The largest absolute Gasteiger partial charge is 0.387 e. The van der Waals surface area contributed by atoms with Gasteiger partial charge < -0.3 is 20.3 Å². The van der Waals surface area contributed by atoms with E-state index < -0.39 is 6.10 Å². The second kappa shape index (κ2) is 7.44. The zero-order valence-corrected chi connectivity index (χ0v) is 16.4. The summed E-state index contributed by atoms with van der Waals surface area (Å²) in [4.78, 5) is 9.54. The third-order valence-electron chi connectivity index (χ3n) is 5.51. The average molecular weight is 367 g/mol. The van der Waals surface area contributed by atoms with Gasteiger partial charge in [-0.25, -0.2) is 4.98 Å². The number of allylic oxidation sites excluding steroid dienone is 1. The monoisotopic (exact) mass is 367 g/mol. The number of aromatic nitrogens is 2. The number of aliphatic imine (C=N–C) groups is 1. The molecule has 1 aromatic carbocycles. The SMILES string of the molecule is CC1=CCC(O)C(Cn2c(NC3CCNCC3)nc3cc(C)cc(C)c32)=N1. The van der Waals surface area contributed by atoms with Gasteiger partial charge in [0.15, 0.2) is 0 Å². The van der Waals surface area contributed by atoms with Crippen molar-refractivity contribution in [1.82, 2.24) is 14.9 Å². The third-order valence-corrected chi connectivity index (χ3v) is 5.51. The predicted octanol–water partition coefficient (Wildman–Crippen LogP) is 2.93. The van der Waals surface area contributed by atoms with E-state index in [1.54, 1.807) is 0 Å². The summed E-state index contributed by atoms with van der Waals surface area (Å²) in [5.74, 6) is 0.882. The number of aryl methyl sites for hydroxylation is 2. The van der Waals surface area contributed by atoms with Gasteiger partial charge in [-0.05, 0) is 70.3 Å². The summed E-state index contributed by atoms with van der Waals surface area (Å²) in [5.41, 5.74) is 6.32. The van der Waals surface area contributed by atoms with E-state index in [2.05, 4.69) is 46.2 Å². The van der Waals surface area contributed by atoms with Gasteiger partial charge in [0.05, 0.1) is 29.4 Å². The van der Waals surface area contributed by atoms with Crippen LogP contribution < -0.4 is 10.6 Å². The summed E-state index contributed by atoms with van der Waals surface area (Å²) in [6, 6.07) is 4.75. The van der Waals surface area contributed by atoms with Crippen LogP contribution in [0.3, 0.4) is 0 Å². The molecule has 1 saturated heterocycles. The second-order valence-corrected chi connectivity index (χ2v) is 7.84. The highest BCUT2D eigenvalue weighted by Crippen LogP contribution is 2.27. The number of benzene rings is 1. The van der Waals surface area contributed by atoms with Crippen LogP contribution in [0.15, 0.2) is 28.9 Å². The fourth-order valence-electron chi connectivity index (χ4n) is 4.13. The smallest absolute Gasteiger partial charge is 0.204 e. The molecule has 1 aromatic heterocycles. The molecule has 2 aliphatic heterocycles. The Labute approximate surface area is 160 Å². The Morgan fingerprint density at radius 2 is 2.00 bits per heavy atom. The molecule has 0 saturated carbocycles. The zero-order valence-electron chi connectivity index (χ0n) is 16.4. The van der Waals surface area contributed by atoms with Gasteiger partial charge in [0.25, 0.3) is 0 Å². The number of hydrogen-bond donors (Lipinski definition) is 3. The van der Waals surface area contributed by atoms with Crippen molar-refractivity contribution in [2.75, 3.05) is 18.4 Å². The molecule has 1 atom stereocenters. The summed E-state index contributed by atoms with van der Waals surface area (Å²) in [6.45, 7) is 8.85. The van der Waals surface area contributed by atoms with Crippen LogP contribution in [0.2, 0.25) is 0 Å². The van der Waals surface area contributed by atoms with Crippen molar-refractivity contribution < 1.29 is 5.11 Å². The summed E-state index contributed by atoms with van der Waals surface area (Å²) in [7, 11) is 0. The summed E-state index contributed by atoms with van der Waals surface area (Å²) >= 11 is 0. The standard InChI is InChI=1S/C21H29N5O/c1-13-10-14(2)20-17(11-13)25-21(24-16-6-8-22-9-7-16)26(20)12-18-19(27)5-4-15(3)23-18/h4,10-11,16,19,22,27H,5-9,12H2,1-3H3,(H,24,25). The number of nitrogens with one attached hydrogen (secondary N) is 2. The molecule has 1 unspecified atom stereocenters. The van der Waals surface area contributed by atoms with Crippen LogP contribution >= 0.6 is 0 Å². The van der Waals surface area contributed by atoms with Gasteiger partial charge in [0.2, 0.25) is 5.95 Å². The van der Waals surface area contributed by atoms with Crippen LogP contribution in [-0.2, 0) is 6.54 Å². The number of hydrogen-bond acceptors (Lipinski definition) is 5. The highest BCUT2D eigenvalue weighted by molar-refractivity contribution is 5.92. The lowest BCUT2D eigenvalue weighted by atomic mass is 10.1. The van der Waals surface area contributed by atoms with Gasteiger partial charge >= 0.3 is 0 Å². The van der Waals surface area contributed by atoms with Crippen LogP contribution in [0.1, 0.15) is 37.3 Å². The van der Waals surface area contributed by atoms with E-state index in [9.17, 15) is 5.11 Å². The van der Waals surface area contributed by atoms with E-state index >= 15 is 0 Å². The molecule has 0 bridgehead atoms. The minimum absolute atomic E-state index is 0.420. The van der Waals surface area contributed by atoms with E-state index in [1.807, 2.05) is 13.0 Å². The third kappa shape index (κ3) is 3.77. The molecule has 2 aromatic rings. The molecule has 27 heavy (non-hydrogen) atoms. The number of imidazole rings is 1. The van der Waals surface area contributed by atoms with Crippen LogP contribution in [-0.4, -0.2) is 45.6 Å². The number of aliphatic hydroxyl groups excluding tert-OH is 1. The van der Waals surface area contributed by atoms with Crippen LogP contribution in [0, 0.1) is 13.8 Å². The maximum atomic E-state index is 10.4. The van der Waals surface area contributed by atoms with Gasteiger partial charge in [-0.3, -0.25) is 4.99 Å². The quantitative estimate of drug-likeness (QED) is 0.777. The maximum absolute atomic E-state index is 10.4. The fraction of sp³-hybridized carbons (Fsp3) is 0.524. The van der Waals surface area contributed by atoms with Crippen LogP contribution in [0.5, 0.6) is 0 Å². The van der Waals surface area contributed by atoms with Crippen molar-refractivity contribution in [2.24, 2.45) is 4.99 Å². The first-order chi connectivity index (χ1) is 13.0. The normalized spacial score (nSPS) is 21.3. The Kier molecular flexibility index (Phi) is 5.02. The molecule has 3 heterocycles. The molecule has 0 spiro atoms. The van der Waals surface area contributed by atoms with Crippen LogP contribution in [0.25, 0.3) is 11.0 Å². The number of rotatable bonds is 4. The van der Waals surface area contributed by atoms with E-state index in [4.69, 9.17) is 4.98 Å². The molecule has 144 valence electrons. The van der Waals surface area contributed by atoms with E-state index in [1.165, 1.54) is 11.1 Å². The first kappa shape index (κ1) is 18.2. The second-order valence-electron chi connectivity index (χ2n) is 7.84. The van der Waals surface area contributed by atoms with Gasteiger partial charge in [0, 0.05) is 11.7 Å². The highest BCUT2D eigenvalue weighted by Gasteiger charge is 2.22. The molecule has 6 nitrogen and oxygen atoms in total. The van der Waals surface area contributed by atoms with Gasteiger partial charge in [-0.1, -0.05) is 12.1 Å². The molecule has 2 aliphatic rings. The first-order valence-corrected chi connectivity index (χ1v) is 9.88.